The molecule has 1 amide bonds. The molecule has 29 heavy (non-hydrogen) atoms. The van der Waals surface area contributed by atoms with Crippen LogP contribution in [0.2, 0.25) is 0 Å². The summed E-state index contributed by atoms with van der Waals surface area (Å²) in [5.74, 6) is -0.438. The van der Waals surface area contributed by atoms with Gasteiger partial charge in [0.1, 0.15) is 6.04 Å². The lowest BCUT2D eigenvalue weighted by atomic mass is 10.2. The van der Waals surface area contributed by atoms with Crippen LogP contribution in [0.3, 0.4) is 0 Å². The molecule has 7 nitrogen and oxygen atoms in total. The van der Waals surface area contributed by atoms with Crippen LogP contribution in [0.4, 0.5) is 13.2 Å². The largest absolute Gasteiger partial charge is 0.572 e. The van der Waals surface area contributed by atoms with Gasteiger partial charge in [-0.2, -0.15) is 4.98 Å². The Balaban J connectivity index is 2.15. The lowest BCUT2D eigenvalue weighted by Gasteiger charge is -2.12. The van der Waals surface area contributed by atoms with Crippen LogP contribution in [0.5, 0.6) is 0 Å². The van der Waals surface area contributed by atoms with Gasteiger partial charge in [-0.1, -0.05) is 35.5 Å². The lowest BCUT2D eigenvalue weighted by molar-refractivity contribution is -0.298. The monoisotopic (exact) mass is 409 g/mol. The van der Waals surface area contributed by atoms with Gasteiger partial charge >= 0.3 is 6.36 Å². The first-order valence-corrected chi connectivity index (χ1v) is 8.39. The van der Waals surface area contributed by atoms with Gasteiger partial charge in [-0.25, -0.2) is 0 Å². The number of halogens is 3. The number of ether oxygens (including phenoxy) is 1. The second-order valence-corrected chi connectivity index (χ2v) is 5.55. The number of carbonyl (C=O) groups is 1. The average molecular weight is 409 g/mol. The Hall–Kier alpha value is -3.40. The Morgan fingerprint density at radius 3 is 2.69 bits per heavy atom. The zero-order chi connectivity index (χ0) is 21.3. The third-order valence-electron chi connectivity index (χ3n) is 3.43. The number of benzene rings is 1. The highest BCUT2D eigenvalue weighted by atomic mass is 19.4. The Morgan fingerprint density at radius 1 is 1.34 bits per heavy atom. The van der Waals surface area contributed by atoms with E-state index in [9.17, 15) is 23.1 Å². The van der Waals surface area contributed by atoms with Gasteiger partial charge in [0.05, 0.1) is 12.9 Å². The number of rotatable bonds is 8. The number of alkyl halides is 3. The molecule has 0 unspecified atom stereocenters. The molecule has 1 aromatic heterocycles. The molecular weight excluding hydrogens is 391 g/mol. The maximum atomic E-state index is 12.2. The quantitative estimate of drug-likeness (QED) is 0.511. The number of aliphatic hydroxyl groups is 1. The highest BCUT2D eigenvalue weighted by molar-refractivity contribution is 5.94. The third-order valence-corrected chi connectivity index (χ3v) is 3.43. The van der Waals surface area contributed by atoms with E-state index in [4.69, 9.17) is 4.52 Å². The van der Waals surface area contributed by atoms with Gasteiger partial charge < -0.3 is 19.7 Å². The fourth-order valence-corrected chi connectivity index (χ4v) is 2.15. The number of amides is 1. The summed E-state index contributed by atoms with van der Waals surface area (Å²) in [4.78, 5) is 16.3. The second-order valence-electron chi connectivity index (χ2n) is 5.55. The summed E-state index contributed by atoms with van der Waals surface area (Å²) in [5.41, 5.74) is 0.693. The van der Waals surface area contributed by atoms with Crippen molar-refractivity contribution >= 4 is 11.5 Å². The molecule has 0 fully saturated rings. The second kappa shape index (κ2) is 10.2. The number of nitrogens with zero attached hydrogens (tertiary/aromatic N) is 2. The van der Waals surface area contributed by atoms with E-state index in [1.165, 1.54) is 12.2 Å². The summed E-state index contributed by atoms with van der Waals surface area (Å²) >= 11 is 0. The topological polar surface area (TPSA) is 97.5 Å². The maximum Gasteiger partial charge on any atom is 0.572 e. The molecule has 2 rings (SSSR count). The van der Waals surface area contributed by atoms with Crippen molar-refractivity contribution in [2.75, 3.05) is 6.61 Å². The highest BCUT2D eigenvalue weighted by Gasteiger charge is 2.28. The van der Waals surface area contributed by atoms with Crippen molar-refractivity contribution in [1.29, 1.82) is 0 Å². The molecule has 0 saturated carbocycles. The first kappa shape index (κ1) is 21.9. The minimum absolute atomic E-state index is 0.0118. The molecule has 10 heteroatoms. The van der Waals surface area contributed by atoms with E-state index >= 15 is 0 Å². The summed E-state index contributed by atoms with van der Waals surface area (Å²) < 4.78 is 44.7. The molecule has 2 N–H and O–H groups in total. The number of aromatic nitrogens is 2. The van der Waals surface area contributed by atoms with Crippen LogP contribution in [0.25, 0.3) is 5.57 Å². The van der Waals surface area contributed by atoms with E-state index in [0.29, 0.717) is 17.4 Å². The molecule has 1 heterocycles. The van der Waals surface area contributed by atoms with E-state index in [-0.39, 0.29) is 11.7 Å². The first-order chi connectivity index (χ1) is 13.8. The van der Waals surface area contributed by atoms with Crippen LogP contribution < -0.4 is 5.32 Å². The molecule has 154 valence electrons. The van der Waals surface area contributed by atoms with E-state index in [1.807, 2.05) is 0 Å². The Labute approximate surface area is 164 Å². The van der Waals surface area contributed by atoms with Gasteiger partial charge in [0, 0.05) is 11.1 Å². The third kappa shape index (κ3) is 6.92. The minimum atomic E-state index is -4.78. The molecule has 2 aromatic rings. The fraction of sp³-hybridized carbons (Fsp3) is 0.211. The molecule has 1 atom stereocenters. The van der Waals surface area contributed by atoms with E-state index in [1.54, 1.807) is 43.3 Å². The van der Waals surface area contributed by atoms with Crippen LogP contribution in [0.15, 0.2) is 65.4 Å². The molecule has 0 radical (unpaired) electrons. The van der Waals surface area contributed by atoms with Gasteiger partial charge in [0.2, 0.25) is 0 Å². The van der Waals surface area contributed by atoms with Crippen LogP contribution >= 0.6 is 0 Å². The molecule has 1 aromatic carbocycles. The SMILES string of the molecule is C\C=C/C(=C\C=C\OC(F)(F)F)c1nc([C@H](CO)NC(=O)c2ccccc2)no1. The summed E-state index contributed by atoms with van der Waals surface area (Å²) in [7, 11) is 0. The van der Waals surface area contributed by atoms with Crippen LogP contribution in [0.1, 0.15) is 35.0 Å². The van der Waals surface area contributed by atoms with Gasteiger partial charge in [-0.15, -0.1) is 13.2 Å². The van der Waals surface area contributed by atoms with Crippen LogP contribution in [0, 0.1) is 0 Å². The summed E-state index contributed by atoms with van der Waals surface area (Å²) in [6.07, 6.45) is 1.14. The summed E-state index contributed by atoms with van der Waals surface area (Å²) in [6.45, 7) is 1.21. The molecule has 0 aliphatic carbocycles. The molecular formula is C19H18F3N3O4. The van der Waals surface area contributed by atoms with E-state index < -0.39 is 24.9 Å². The van der Waals surface area contributed by atoms with Crippen molar-refractivity contribution in [2.45, 2.75) is 19.3 Å². The normalized spacial score (nSPS) is 13.8. The number of allylic oxidation sites excluding steroid dienone is 5. The molecule has 0 bridgehead atoms. The Morgan fingerprint density at radius 2 is 2.07 bits per heavy atom. The standard InChI is InChI=1S/C19H18F3N3O4/c1-2-7-14(10-6-11-28-19(20,21)22)18-24-16(25-29-18)15(12-26)23-17(27)13-8-4-3-5-9-13/h2-11,15,26H,12H2,1H3,(H,23,27)/b7-2-,11-6+,14-10+/t15-/m0/s1. The van der Waals surface area contributed by atoms with Gasteiger partial charge in [0.15, 0.2) is 5.82 Å². The average Bonchev–Trinajstić information content (AvgIpc) is 3.18. The first-order valence-electron chi connectivity index (χ1n) is 8.39. The van der Waals surface area contributed by atoms with Gasteiger partial charge in [-0.05, 0) is 31.2 Å². The van der Waals surface area contributed by atoms with E-state index in [0.717, 1.165) is 6.08 Å². The molecule has 0 aliphatic heterocycles. The molecule has 0 saturated heterocycles. The van der Waals surface area contributed by atoms with E-state index in [2.05, 4.69) is 20.2 Å². The zero-order valence-corrected chi connectivity index (χ0v) is 15.3. The zero-order valence-electron chi connectivity index (χ0n) is 15.3. The fourth-order valence-electron chi connectivity index (χ4n) is 2.15. The minimum Gasteiger partial charge on any atom is -0.414 e. The highest BCUT2D eigenvalue weighted by Crippen LogP contribution is 2.19. The van der Waals surface area contributed by atoms with Gasteiger partial charge in [-0.3, -0.25) is 4.79 Å². The summed E-state index contributed by atoms with van der Waals surface area (Å²) in [5, 5.41) is 15.9. The predicted molar refractivity (Wildman–Crippen MR) is 97.1 cm³/mol. The van der Waals surface area contributed by atoms with Crippen molar-refractivity contribution in [2.24, 2.45) is 0 Å². The van der Waals surface area contributed by atoms with Crippen molar-refractivity contribution in [3.05, 3.63) is 78.2 Å². The number of aliphatic hydroxyl groups excluding tert-OH is 1. The van der Waals surface area contributed by atoms with Crippen LogP contribution in [-0.4, -0.2) is 34.1 Å². The number of nitrogens with one attached hydrogen (secondary N) is 1. The van der Waals surface area contributed by atoms with Crippen molar-refractivity contribution in [1.82, 2.24) is 15.5 Å². The van der Waals surface area contributed by atoms with Crippen LogP contribution in [-0.2, 0) is 4.74 Å². The predicted octanol–water partition coefficient (Wildman–Crippen LogP) is 3.54. The smallest absolute Gasteiger partial charge is 0.414 e. The van der Waals surface area contributed by atoms with Crippen molar-refractivity contribution < 1.29 is 32.3 Å². The number of carbonyl (C=O) groups excluding carboxylic acids is 1. The Kier molecular flexibility index (Phi) is 7.72. The van der Waals surface area contributed by atoms with Crippen molar-refractivity contribution in [3.63, 3.8) is 0 Å². The van der Waals surface area contributed by atoms with Gasteiger partial charge in [0.25, 0.3) is 11.8 Å². The summed E-state index contributed by atoms with van der Waals surface area (Å²) in [6, 6.07) is 7.42. The molecule has 0 aliphatic rings. The molecule has 0 spiro atoms. The maximum absolute atomic E-state index is 12.2. The number of hydrogen-bond acceptors (Lipinski definition) is 6. The lowest BCUT2D eigenvalue weighted by Crippen LogP contribution is -2.31. The number of hydrogen-bond donors (Lipinski definition) is 2. The van der Waals surface area contributed by atoms with Crippen molar-refractivity contribution in [3.8, 4) is 0 Å². The Bertz CT molecular complexity index is 890.